The Labute approximate surface area is 81.6 Å². The van der Waals surface area contributed by atoms with E-state index in [0.29, 0.717) is 16.7 Å². The lowest BCUT2D eigenvalue weighted by Gasteiger charge is -2.00. The Kier molecular flexibility index (Phi) is 2.17. The molecule has 2 rings (SSSR count). The van der Waals surface area contributed by atoms with Gasteiger partial charge in [0.25, 0.3) is 0 Å². The molecule has 1 aromatic carbocycles. The predicted molar refractivity (Wildman–Crippen MR) is 53.4 cm³/mol. The quantitative estimate of drug-likeness (QED) is 0.767. The van der Waals surface area contributed by atoms with Crippen molar-refractivity contribution in [3.8, 4) is 5.75 Å². The number of aliphatic hydroxyl groups excluding tert-OH is 1. The Morgan fingerprint density at radius 3 is 2.86 bits per heavy atom. The van der Waals surface area contributed by atoms with E-state index >= 15 is 0 Å². The van der Waals surface area contributed by atoms with Crippen molar-refractivity contribution in [2.75, 3.05) is 6.61 Å². The van der Waals surface area contributed by atoms with Gasteiger partial charge in [0.15, 0.2) is 0 Å². The van der Waals surface area contributed by atoms with Gasteiger partial charge in [-0.2, -0.15) is 0 Å². The molecule has 0 aliphatic heterocycles. The van der Waals surface area contributed by atoms with Gasteiger partial charge in [-0.3, -0.25) is 0 Å². The number of aliphatic hydroxyl groups is 1. The summed E-state index contributed by atoms with van der Waals surface area (Å²) in [4.78, 5) is 0. The smallest absolute Gasteiger partial charge is 0.138 e. The summed E-state index contributed by atoms with van der Waals surface area (Å²) in [7, 11) is 0. The third-order valence-electron chi connectivity index (χ3n) is 2.32. The fourth-order valence-electron chi connectivity index (χ4n) is 1.40. The van der Waals surface area contributed by atoms with Gasteiger partial charge >= 0.3 is 0 Å². The Bertz CT molecular complexity index is 445. The minimum Gasteiger partial charge on any atom is -0.507 e. The standard InChI is InChI=1S/C11H12O3/c1-7(6-12)11-5-8-9(13)3-2-4-10(8)14-11/h2-5,7,12-13H,6H2,1H3. The normalized spacial score (nSPS) is 13.3. The number of hydrogen-bond donors (Lipinski definition) is 2. The first-order chi connectivity index (χ1) is 6.72. The van der Waals surface area contributed by atoms with Crippen molar-refractivity contribution < 1.29 is 14.6 Å². The van der Waals surface area contributed by atoms with Crippen LogP contribution >= 0.6 is 0 Å². The molecule has 3 nitrogen and oxygen atoms in total. The van der Waals surface area contributed by atoms with Crippen LogP contribution in [0.25, 0.3) is 11.0 Å². The molecule has 0 saturated heterocycles. The topological polar surface area (TPSA) is 53.6 Å². The highest BCUT2D eigenvalue weighted by Crippen LogP contribution is 2.30. The second-order valence-electron chi connectivity index (χ2n) is 3.42. The van der Waals surface area contributed by atoms with Gasteiger partial charge in [-0.25, -0.2) is 0 Å². The van der Waals surface area contributed by atoms with Crippen molar-refractivity contribution in [1.29, 1.82) is 0 Å². The molecule has 0 fully saturated rings. The number of rotatable bonds is 2. The lowest BCUT2D eigenvalue weighted by molar-refractivity contribution is 0.259. The fourth-order valence-corrected chi connectivity index (χ4v) is 1.40. The fraction of sp³-hybridized carbons (Fsp3) is 0.273. The van der Waals surface area contributed by atoms with Crippen LogP contribution in [-0.4, -0.2) is 16.8 Å². The first-order valence-corrected chi connectivity index (χ1v) is 4.54. The monoisotopic (exact) mass is 192 g/mol. The molecular weight excluding hydrogens is 180 g/mol. The highest BCUT2D eigenvalue weighted by molar-refractivity contribution is 5.84. The van der Waals surface area contributed by atoms with E-state index in [2.05, 4.69) is 0 Å². The first kappa shape index (κ1) is 9.09. The lowest BCUT2D eigenvalue weighted by Crippen LogP contribution is -1.95. The summed E-state index contributed by atoms with van der Waals surface area (Å²) in [6, 6.07) is 6.91. The number of furan rings is 1. The van der Waals surface area contributed by atoms with E-state index in [-0.39, 0.29) is 18.3 Å². The Balaban J connectivity index is 2.56. The van der Waals surface area contributed by atoms with Crippen molar-refractivity contribution in [2.24, 2.45) is 0 Å². The molecule has 0 bridgehead atoms. The van der Waals surface area contributed by atoms with Crippen LogP contribution in [0.5, 0.6) is 5.75 Å². The third kappa shape index (κ3) is 1.36. The molecule has 0 saturated carbocycles. The van der Waals surface area contributed by atoms with Gasteiger partial charge in [-0.1, -0.05) is 13.0 Å². The number of phenolic OH excluding ortho intramolecular Hbond substituents is 1. The molecule has 1 heterocycles. The van der Waals surface area contributed by atoms with Crippen LogP contribution in [0.2, 0.25) is 0 Å². The number of aromatic hydroxyl groups is 1. The van der Waals surface area contributed by atoms with E-state index in [1.54, 1.807) is 24.3 Å². The highest BCUT2D eigenvalue weighted by Gasteiger charge is 2.11. The maximum Gasteiger partial charge on any atom is 0.138 e. The SMILES string of the molecule is CC(CO)c1cc2c(O)cccc2o1. The van der Waals surface area contributed by atoms with Crippen molar-refractivity contribution in [3.63, 3.8) is 0 Å². The minimum atomic E-state index is -0.0400. The second-order valence-corrected chi connectivity index (χ2v) is 3.42. The molecule has 0 amide bonds. The highest BCUT2D eigenvalue weighted by atomic mass is 16.3. The molecule has 1 aromatic heterocycles. The van der Waals surface area contributed by atoms with Crippen LogP contribution in [0.1, 0.15) is 18.6 Å². The largest absolute Gasteiger partial charge is 0.507 e. The molecule has 0 spiro atoms. The molecule has 14 heavy (non-hydrogen) atoms. The number of phenols is 1. The van der Waals surface area contributed by atoms with Gasteiger partial charge < -0.3 is 14.6 Å². The van der Waals surface area contributed by atoms with E-state index in [4.69, 9.17) is 9.52 Å². The van der Waals surface area contributed by atoms with Crippen molar-refractivity contribution in [1.82, 2.24) is 0 Å². The van der Waals surface area contributed by atoms with Crippen LogP contribution in [0.15, 0.2) is 28.7 Å². The van der Waals surface area contributed by atoms with Crippen LogP contribution in [-0.2, 0) is 0 Å². The second kappa shape index (κ2) is 3.35. The van der Waals surface area contributed by atoms with Gasteiger partial charge in [-0.05, 0) is 18.2 Å². The summed E-state index contributed by atoms with van der Waals surface area (Å²) in [6.45, 7) is 1.91. The third-order valence-corrected chi connectivity index (χ3v) is 2.32. The maximum atomic E-state index is 9.52. The van der Waals surface area contributed by atoms with Gasteiger partial charge in [0.2, 0.25) is 0 Å². The molecule has 1 unspecified atom stereocenters. The summed E-state index contributed by atoms with van der Waals surface area (Å²) in [5.41, 5.74) is 0.653. The predicted octanol–water partition coefficient (Wildman–Crippen LogP) is 2.23. The molecule has 0 radical (unpaired) electrons. The summed E-state index contributed by atoms with van der Waals surface area (Å²) in [5, 5.41) is 19.2. The van der Waals surface area contributed by atoms with Gasteiger partial charge in [0.1, 0.15) is 17.1 Å². The number of benzene rings is 1. The van der Waals surface area contributed by atoms with E-state index < -0.39 is 0 Å². The van der Waals surface area contributed by atoms with E-state index in [1.807, 2.05) is 6.92 Å². The zero-order valence-corrected chi connectivity index (χ0v) is 7.90. The molecular formula is C11H12O3. The maximum absolute atomic E-state index is 9.52. The van der Waals surface area contributed by atoms with Crippen LogP contribution in [0, 0.1) is 0 Å². The summed E-state index contributed by atoms with van der Waals surface area (Å²) < 4.78 is 5.48. The van der Waals surface area contributed by atoms with Crippen LogP contribution in [0.3, 0.4) is 0 Å². The van der Waals surface area contributed by atoms with Crippen LogP contribution < -0.4 is 0 Å². The van der Waals surface area contributed by atoms with Crippen molar-refractivity contribution >= 4 is 11.0 Å². The molecule has 74 valence electrons. The number of fused-ring (bicyclic) bond motifs is 1. The lowest BCUT2D eigenvalue weighted by atomic mass is 10.1. The molecule has 2 aromatic rings. The molecule has 3 heteroatoms. The average molecular weight is 192 g/mol. The van der Waals surface area contributed by atoms with Gasteiger partial charge in [0, 0.05) is 5.92 Å². The van der Waals surface area contributed by atoms with Crippen molar-refractivity contribution in [3.05, 3.63) is 30.0 Å². The molecule has 1 atom stereocenters. The van der Waals surface area contributed by atoms with E-state index in [1.165, 1.54) is 0 Å². The first-order valence-electron chi connectivity index (χ1n) is 4.54. The summed E-state index contributed by atoms with van der Waals surface area (Å²) in [5.74, 6) is 0.869. The van der Waals surface area contributed by atoms with Crippen LogP contribution in [0.4, 0.5) is 0 Å². The summed E-state index contributed by atoms with van der Waals surface area (Å²) >= 11 is 0. The molecule has 2 N–H and O–H groups in total. The average Bonchev–Trinajstić information content (AvgIpc) is 2.62. The van der Waals surface area contributed by atoms with Gasteiger partial charge in [0.05, 0.1) is 12.0 Å². The Morgan fingerprint density at radius 2 is 2.21 bits per heavy atom. The minimum absolute atomic E-state index is 0.0400. The number of hydrogen-bond acceptors (Lipinski definition) is 3. The molecule has 0 aliphatic rings. The van der Waals surface area contributed by atoms with Crippen molar-refractivity contribution in [2.45, 2.75) is 12.8 Å². The Morgan fingerprint density at radius 1 is 1.43 bits per heavy atom. The molecule has 0 aliphatic carbocycles. The van der Waals surface area contributed by atoms with E-state index in [9.17, 15) is 5.11 Å². The zero-order valence-electron chi connectivity index (χ0n) is 7.90. The van der Waals surface area contributed by atoms with Gasteiger partial charge in [-0.15, -0.1) is 0 Å². The van der Waals surface area contributed by atoms with E-state index in [0.717, 1.165) is 0 Å². The zero-order chi connectivity index (χ0) is 10.1. The summed E-state index contributed by atoms with van der Waals surface area (Å²) in [6.07, 6.45) is 0. The Hall–Kier alpha value is -1.48.